The second-order valence-corrected chi connectivity index (χ2v) is 7.41. The van der Waals surface area contributed by atoms with Crippen LogP contribution in [0.4, 0.5) is 5.69 Å². The van der Waals surface area contributed by atoms with Gasteiger partial charge in [0.1, 0.15) is 17.6 Å². The van der Waals surface area contributed by atoms with Gasteiger partial charge in [-0.25, -0.2) is 0 Å². The molecular formula is C23H15BrN4O2. The first-order valence-electron chi connectivity index (χ1n) is 9.17. The van der Waals surface area contributed by atoms with Gasteiger partial charge in [0, 0.05) is 16.1 Å². The Balaban J connectivity index is 1.48. The van der Waals surface area contributed by atoms with Gasteiger partial charge in [0.05, 0.1) is 0 Å². The van der Waals surface area contributed by atoms with Crippen molar-refractivity contribution in [2.24, 2.45) is 0 Å². The van der Waals surface area contributed by atoms with Crippen LogP contribution in [0.3, 0.4) is 0 Å². The van der Waals surface area contributed by atoms with Gasteiger partial charge in [0.15, 0.2) is 11.4 Å². The number of fused-ring (bicyclic) bond motifs is 2. The fraction of sp³-hybridized carbons (Fsp3) is 0. The van der Waals surface area contributed by atoms with Crippen LogP contribution < -0.4 is 15.2 Å². The smallest absolute Gasteiger partial charge is 0.249 e. The largest absolute Gasteiger partial charge is 0.437 e. The Bertz CT molecular complexity index is 1390. The molecule has 0 bridgehead atoms. The van der Waals surface area contributed by atoms with Crippen molar-refractivity contribution in [3.05, 3.63) is 83.7 Å². The quantitative estimate of drug-likeness (QED) is 0.349. The lowest BCUT2D eigenvalue weighted by atomic mass is 10.1. The highest BCUT2D eigenvalue weighted by molar-refractivity contribution is 9.10. The fourth-order valence-corrected chi connectivity index (χ4v) is 3.62. The Hall–Kier alpha value is -3.71. The number of aromatic nitrogens is 3. The molecule has 5 aromatic rings. The second kappa shape index (κ2) is 7.61. The maximum absolute atomic E-state index is 6.26. The number of nitrogens with two attached hydrogens (primary N) is 1. The number of hydrogen-bond donors (Lipinski definition) is 1. The van der Waals surface area contributed by atoms with Crippen LogP contribution in [0.25, 0.3) is 21.7 Å². The minimum atomic E-state index is 0.204. The van der Waals surface area contributed by atoms with E-state index in [-0.39, 0.29) is 17.4 Å². The van der Waals surface area contributed by atoms with Crippen LogP contribution in [-0.2, 0) is 0 Å². The lowest BCUT2D eigenvalue weighted by molar-refractivity contribution is 0.440. The third-order valence-electron chi connectivity index (χ3n) is 4.63. The molecule has 30 heavy (non-hydrogen) atoms. The highest BCUT2D eigenvalue weighted by atomic mass is 79.9. The van der Waals surface area contributed by atoms with Crippen LogP contribution in [-0.4, -0.2) is 15.0 Å². The van der Waals surface area contributed by atoms with Crippen molar-refractivity contribution < 1.29 is 9.47 Å². The maximum atomic E-state index is 6.26. The van der Waals surface area contributed by atoms with Gasteiger partial charge in [-0.3, -0.25) is 4.98 Å². The predicted octanol–water partition coefficient (Wildman–Crippen LogP) is 6.11. The van der Waals surface area contributed by atoms with E-state index in [4.69, 9.17) is 15.2 Å². The van der Waals surface area contributed by atoms with E-state index in [1.165, 1.54) is 6.33 Å². The third-order valence-corrected chi connectivity index (χ3v) is 5.32. The minimum absolute atomic E-state index is 0.204. The second-order valence-electron chi connectivity index (χ2n) is 6.56. The molecule has 0 aliphatic heterocycles. The van der Waals surface area contributed by atoms with E-state index in [0.29, 0.717) is 17.0 Å². The first-order valence-corrected chi connectivity index (χ1v) is 9.96. The Labute approximate surface area is 180 Å². The zero-order chi connectivity index (χ0) is 20.5. The average molecular weight is 459 g/mol. The van der Waals surface area contributed by atoms with E-state index in [9.17, 15) is 0 Å². The van der Waals surface area contributed by atoms with Gasteiger partial charge in [0.2, 0.25) is 11.8 Å². The Kier molecular flexibility index (Phi) is 4.65. The molecule has 0 amide bonds. The summed E-state index contributed by atoms with van der Waals surface area (Å²) in [4.78, 5) is 12.8. The van der Waals surface area contributed by atoms with Gasteiger partial charge >= 0.3 is 0 Å². The molecule has 2 aromatic heterocycles. The first kappa shape index (κ1) is 18.3. The van der Waals surface area contributed by atoms with E-state index in [0.717, 1.165) is 20.6 Å². The topological polar surface area (TPSA) is 83.2 Å². The molecule has 0 saturated carbocycles. The summed E-state index contributed by atoms with van der Waals surface area (Å²) in [7, 11) is 0. The highest BCUT2D eigenvalue weighted by Gasteiger charge is 2.15. The lowest BCUT2D eigenvalue weighted by Gasteiger charge is -2.12. The van der Waals surface area contributed by atoms with Crippen molar-refractivity contribution in [3.63, 3.8) is 0 Å². The molecule has 5 rings (SSSR count). The van der Waals surface area contributed by atoms with Crippen molar-refractivity contribution in [1.82, 2.24) is 15.0 Å². The Morgan fingerprint density at radius 2 is 1.57 bits per heavy atom. The molecule has 0 aliphatic carbocycles. The summed E-state index contributed by atoms with van der Waals surface area (Å²) in [5.74, 6) is 1.59. The van der Waals surface area contributed by atoms with Crippen LogP contribution in [0.15, 0.2) is 83.7 Å². The molecule has 7 heteroatoms. The van der Waals surface area contributed by atoms with Gasteiger partial charge in [0.25, 0.3) is 0 Å². The standard InChI is InChI=1S/C23H15BrN4O2/c24-18-9-10-19(21-17(18)6-3-11-26-21)30-23-20(25)22(27-13-28-23)29-16-8-7-14-4-1-2-5-15(14)12-16/h1-13H,25H2. The molecule has 0 spiro atoms. The first-order chi connectivity index (χ1) is 14.7. The van der Waals surface area contributed by atoms with E-state index in [1.54, 1.807) is 6.20 Å². The number of halogens is 1. The normalized spacial score (nSPS) is 11.0. The minimum Gasteiger partial charge on any atom is -0.437 e. The van der Waals surface area contributed by atoms with Crippen molar-refractivity contribution in [2.45, 2.75) is 0 Å². The summed E-state index contributed by atoms with van der Waals surface area (Å²) in [6.45, 7) is 0. The number of nitrogen functional groups attached to an aromatic ring is 1. The van der Waals surface area contributed by atoms with Gasteiger partial charge < -0.3 is 15.2 Å². The zero-order valence-electron chi connectivity index (χ0n) is 15.6. The molecule has 0 radical (unpaired) electrons. The van der Waals surface area contributed by atoms with Gasteiger partial charge in [-0.05, 0) is 41.1 Å². The number of hydrogen-bond acceptors (Lipinski definition) is 6. The van der Waals surface area contributed by atoms with Crippen molar-refractivity contribution in [1.29, 1.82) is 0 Å². The van der Waals surface area contributed by atoms with Crippen molar-refractivity contribution >= 4 is 43.3 Å². The number of pyridine rings is 1. The number of ether oxygens (including phenoxy) is 2. The molecule has 3 aromatic carbocycles. The molecule has 0 saturated heterocycles. The molecule has 0 atom stereocenters. The monoisotopic (exact) mass is 458 g/mol. The summed E-state index contributed by atoms with van der Waals surface area (Å²) >= 11 is 3.53. The molecule has 6 nitrogen and oxygen atoms in total. The van der Waals surface area contributed by atoms with Crippen molar-refractivity contribution in [2.75, 3.05) is 5.73 Å². The van der Waals surface area contributed by atoms with E-state index < -0.39 is 0 Å². The van der Waals surface area contributed by atoms with E-state index >= 15 is 0 Å². The SMILES string of the molecule is Nc1c(Oc2ccc3ccccc3c2)ncnc1Oc1ccc(Br)c2cccnc12. The lowest BCUT2D eigenvalue weighted by Crippen LogP contribution is -2.01. The van der Waals surface area contributed by atoms with E-state index in [2.05, 4.69) is 30.9 Å². The maximum Gasteiger partial charge on any atom is 0.249 e. The molecule has 2 N–H and O–H groups in total. The molecule has 0 unspecified atom stereocenters. The Morgan fingerprint density at radius 1 is 0.767 bits per heavy atom. The van der Waals surface area contributed by atoms with Gasteiger partial charge in [-0.15, -0.1) is 0 Å². The van der Waals surface area contributed by atoms with Crippen LogP contribution in [0.2, 0.25) is 0 Å². The summed E-state index contributed by atoms with van der Waals surface area (Å²) in [6.07, 6.45) is 3.07. The molecular weight excluding hydrogens is 444 g/mol. The van der Waals surface area contributed by atoms with Crippen LogP contribution in [0.5, 0.6) is 23.3 Å². The van der Waals surface area contributed by atoms with E-state index in [1.807, 2.05) is 66.7 Å². The summed E-state index contributed by atoms with van der Waals surface area (Å²) in [6, 6.07) is 21.4. The summed E-state index contributed by atoms with van der Waals surface area (Å²) < 4.78 is 12.8. The summed E-state index contributed by atoms with van der Waals surface area (Å²) in [5.41, 5.74) is 7.16. The zero-order valence-corrected chi connectivity index (χ0v) is 17.2. The molecule has 0 fully saturated rings. The predicted molar refractivity (Wildman–Crippen MR) is 120 cm³/mol. The molecule has 2 heterocycles. The van der Waals surface area contributed by atoms with Gasteiger partial charge in [-0.1, -0.05) is 52.3 Å². The molecule has 146 valence electrons. The highest BCUT2D eigenvalue weighted by Crippen LogP contribution is 2.37. The average Bonchev–Trinajstić information content (AvgIpc) is 2.78. The van der Waals surface area contributed by atoms with Crippen LogP contribution in [0.1, 0.15) is 0 Å². The third kappa shape index (κ3) is 3.40. The number of nitrogens with zero attached hydrogens (tertiary/aromatic N) is 3. The van der Waals surface area contributed by atoms with Crippen molar-refractivity contribution in [3.8, 4) is 23.3 Å². The number of rotatable bonds is 4. The molecule has 0 aliphatic rings. The summed E-state index contributed by atoms with van der Waals surface area (Å²) in [5, 5.41) is 3.11. The fourth-order valence-electron chi connectivity index (χ4n) is 3.17. The van der Waals surface area contributed by atoms with Crippen LogP contribution >= 0.6 is 15.9 Å². The van der Waals surface area contributed by atoms with Crippen LogP contribution in [0, 0.1) is 0 Å². The van der Waals surface area contributed by atoms with Gasteiger partial charge in [-0.2, -0.15) is 9.97 Å². The number of anilines is 1. The number of benzene rings is 3. The Morgan fingerprint density at radius 3 is 2.43 bits per heavy atom.